The first-order chi connectivity index (χ1) is 11.8. The Morgan fingerprint density at radius 2 is 1.62 bits per heavy atom. The standard InChI is InChI=1S/C21H35NO3S/c1-15(2)25-19(23)17-11-9-16(10-12-17)18(13-14-20(3,4)5)22-26(24)21(6,7)8/h9-12,15,18,22H,13-14H2,1-8H3/t18-,26?/m0/s1. The Bertz CT molecular complexity index is 610. The summed E-state index contributed by atoms with van der Waals surface area (Å²) in [6, 6.07) is 7.40. The van der Waals surface area contributed by atoms with Crippen molar-refractivity contribution in [1.82, 2.24) is 4.72 Å². The van der Waals surface area contributed by atoms with Crippen LogP contribution in [0.2, 0.25) is 0 Å². The normalized spacial score (nSPS) is 15.0. The van der Waals surface area contributed by atoms with Crippen LogP contribution in [0, 0.1) is 5.41 Å². The Hall–Kier alpha value is -1.20. The third-order valence-corrected chi connectivity index (χ3v) is 5.49. The number of carbonyl (C=O) groups is 1. The molecule has 5 heteroatoms. The lowest BCUT2D eigenvalue weighted by molar-refractivity contribution is 0.0378. The van der Waals surface area contributed by atoms with Crippen molar-refractivity contribution >= 4 is 17.0 Å². The van der Waals surface area contributed by atoms with Gasteiger partial charge >= 0.3 is 5.97 Å². The molecule has 0 aliphatic rings. The topological polar surface area (TPSA) is 55.4 Å². The third-order valence-electron chi connectivity index (χ3n) is 3.88. The molecule has 0 bridgehead atoms. The van der Waals surface area contributed by atoms with Crippen molar-refractivity contribution in [2.75, 3.05) is 0 Å². The summed E-state index contributed by atoms with van der Waals surface area (Å²) in [6.45, 7) is 16.2. The van der Waals surface area contributed by atoms with Gasteiger partial charge in [0, 0.05) is 6.04 Å². The van der Waals surface area contributed by atoms with Gasteiger partial charge in [-0.3, -0.25) is 0 Å². The molecule has 26 heavy (non-hydrogen) atoms. The van der Waals surface area contributed by atoms with E-state index in [4.69, 9.17) is 4.74 Å². The minimum absolute atomic E-state index is 0.0237. The van der Waals surface area contributed by atoms with E-state index in [0.29, 0.717) is 5.56 Å². The van der Waals surface area contributed by atoms with Crippen molar-refractivity contribution in [2.24, 2.45) is 5.41 Å². The predicted molar refractivity (Wildman–Crippen MR) is 109 cm³/mol. The first-order valence-electron chi connectivity index (χ1n) is 9.28. The highest BCUT2D eigenvalue weighted by molar-refractivity contribution is 7.84. The molecule has 1 N–H and O–H groups in total. The zero-order valence-electron chi connectivity index (χ0n) is 17.5. The Kier molecular flexibility index (Phi) is 8.03. The minimum atomic E-state index is -1.16. The van der Waals surface area contributed by atoms with Gasteiger partial charge in [0.1, 0.15) is 0 Å². The Labute approximate surface area is 161 Å². The number of rotatable bonds is 7. The van der Waals surface area contributed by atoms with Crippen LogP contribution in [-0.2, 0) is 15.7 Å². The van der Waals surface area contributed by atoms with Gasteiger partial charge in [-0.2, -0.15) is 0 Å². The fourth-order valence-corrected chi connectivity index (χ4v) is 3.18. The predicted octanol–water partition coefficient (Wildman–Crippen LogP) is 5.17. The third kappa shape index (κ3) is 8.00. The SMILES string of the molecule is CC(C)OC(=O)c1ccc([C@H](CCC(C)(C)C)NS(=O)C(C)(C)C)cc1. The van der Waals surface area contributed by atoms with Crippen molar-refractivity contribution in [2.45, 2.75) is 85.1 Å². The smallest absolute Gasteiger partial charge is 0.338 e. The van der Waals surface area contributed by atoms with E-state index >= 15 is 0 Å². The number of esters is 1. The van der Waals surface area contributed by atoms with Crippen LogP contribution in [0.15, 0.2) is 24.3 Å². The number of nitrogens with one attached hydrogen (secondary N) is 1. The van der Waals surface area contributed by atoms with Crippen LogP contribution in [0.25, 0.3) is 0 Å². The van der Waals surface area contributed by atoms with E-state index in [1.165, 1.54) is 0 Å². The van der Waals surface area contributed by atoms with E-state index in [9.17, 15) is 9.00 Å². The lowest BCUT2D eigenvalue weighted by Gasteiger charge is -2.27. The second-order valence-electron chi connectivity index (χ2n) is 9.23. The first kappa shape index (κ1) is 22.8. The summed E-state index contributed by atoms with van der Waals surface area (Å²) >= 11 is 0. The lowest BCUT2D eigenvalue weighted by Crippen LogP contribution is -2.36. The lowest BCUT2D eigenvalue weighted by atomic mass is 9.87. The first-order valence-corrected chi connectivity index (χ1v) is 10.4. The van der Waals surface area contributed by atoms with E-state index < -0.39 is 11.0 Å². The molecule has 1 aromatic rings. The monoisotopic (exact) mass is 381 g/mol. The van der Waals surface area contributed by atoms with Gasteiger partial charge in [-0.1, -0.05) is 32.9 Å². The maximum absolute atomic E-state index is 12.6. The zero-order valence-corrected chi connectivity index (χ0v) is 18.3. The van der Waals surface area contributed by atoms with Gasteiger partial charge < -0.3 is 4.74 Å². The summed E-state index contributed by atoms with van der Waals surface area (Å²) in [5.74, 6) is -0.316. The van der Waals surface area contributed by atoms with Crippen LogP contribution in [0.1, 0.15) is 90.2 Å². The molecule has 0 radical (unpaired) electrons. The van der Waals surface area contributed by atoms with Crippen LogP contribution < -0.4 is 4.72 Å². The summed E-state index contributed by atoms with van der Waals surface area (Å²) < 4.78 is 20.8. The second-order valence-corrected chi connectivity index (χ2v) is 11.2. The maximum Gasteiger partial charge on any atom is 0.338 e. The molecule has 0 aliphatic carbocycles. The Balaban J connectivity index is 2.98. The molecule has 0 spiro atoms. The van der Waals surface area contributed by atoms with E-state index in [2.05, 4.69) is 25.5 Å². The van der Waals surface area contributed by atoms with E-state index in [1.54, 1.807) is 12.1 Å². The molecule has 0 aliphatic heterocycles. The highest BCUT2D eigenvalue weighted by atomic mass is 32.2. The molecule has 0 saturated heterocycles. The van der Waals surface area contributed by atoms with E-state index in [1.807, 2.05) is 46.8 Å². The summed E-state index contributed by atoms with van der Waals surface area (Å²) in [5, 5.41) is 0. The van der Waals surface area contributed by atoms with Crippen molar-refractivity contribution in [1.29, 1.82) is 0 Å². The maximum atomic E-state index is 12.6. The molecule has 0 saturated carbocycles. The van der Waals surface area contributed by atoms with Crippen LogP contribution in [-0.4, -0.2) is 21.0 Å². The zero-order chi connectivity index (χ0) is 20.1. The Morgan fingerprint density at radius 1 is 1.08 bits per heavy atom. The molecule has 4 nitrogen and oxygen atoms in total. The van der Waals surface area contributed by atoms with Crippen molar-refractivity contribution < 1.29 is 13.7 Å². The van der Waals surface area contributed by atoms with E-state index in [0.717, 1.165) is 18.4 Å². The molecular weight excluding hydrogens is 346 g/mol. The summed E-state index contributed by atoms with van der Waals surface area (Å²) in [6.07, 6.45) is 1.74. The quantitative estimate of drug-likeness (QED) is 0.663. The van der Waals surface area contributed by atoms with Crippen LogP contribution in [0.5, 0.6) is 0 Å². The summed E-state index contributed by atoms with van der Waals surface area (Å²) in [7, 11) is -1.16. The molecule has 0 heterocycles. The molecule has 0 aromatic heterocycles. The van der Waals surface area contributed by atoms with Crippen molar-refractivity contribution in [3.05, 3.63) is 35.4 Å². The fourth-order valence-electron chi connectivity index (χ4n) is 2.31. The van der Waals surface area contributed by atoms with Gasteiger partial charge in [0.25, 0.3) is 0 Å². The van der Waals surface area contributed by atoms with Gasteiger partial charge in [0.05, 0.1) is 27.4 Å². The molecule has 1 unspecified atom stereocenters. The number of benzene rings is 1. The van der Waals surface area contributed by atoms with Gasteiger partial charge in [0.2, 0.25) is 0 Å². The largest absolute Gasteiger partial charge is 0.459 e. The molecule has 1 aromatic carbocycles. The molecule has 0 fully saturated rings. The molecular formula is C21H35NO3S. The minimum Gasteiger partial charge on any atom is -0.459 e. The van der Waals surface area contributed by atoms with Crippen LogP contribution in [0.3, 0.4) is 0 Å². The number of ether oxygens (including phenoxy) is 1. The van der Waals surface area contributed by atoms with Crippen LogP contribution >= 0.6 is 0 Å². The molecule has 0 amide bonds. The highest BCUT2D eigenvalue weighted by Crippen LogP contribution is 2.29. The van der Waals surface area contributed by atoms with Gasteiger partial charge in [-0.25, -0.2) is 13.7 Å². The number of hydrogen-bond donors (Lipinski definition) is 1. The van der Waals surface area contributed by atoms with Crippen molar-refractivity contribution in [3.63, 3.8) is 0 Å². The fraction of sp³-hybridized carbons (Fsp3) is 0.667. The molecule has 1 rings (SSSR count). The average Bonchev–Trinajstić information content (AvgIpc) is 2.48. The molecule has 148 valence electrons. The second kappa shape index (κ2) is 9.14. The number of carbonyl (C=O) groups excluding carboxylic acids is 1. The summed E-state index contributed by atoms with van der Waals surface area (Å²) in [4.78, 5) is 12.0. The van der Waals surface area contributed by atoms with Gasteiger partial charge in [0.15, 0.2) is 0 Å². The van der Waals surface area contributed by atoms with Gasteiger partial charge in [-0.05, 0) is 70.6 Å². The van der Waals surface area contributed by atoms with E-state index in [-0.39, 0.29) is 28.3 Å². The molecule has 2 atom stereocenters. The number of hydrogen-bond acceptors (Lipinski definition) is 3. The van der Waals surface area contributed by atoms with Crippen molar-refractivity contribution in [3.8, 4) is 0 Å². The Morgan fingerprint density at radius 3 is 2.04 bits per heavy atom. The van der Waals surface area contributed by atoms with Gasteiger partial charge in [-0.15, -0.1) is 0 Å². The summed E-state index contributed by atoms with van der Waals surface area (Å²) in [5.41, 5.74) is 1.77. The highest BCUT2D eigenvalue weighted by Gasteiger charge is 2.25. The van der Waals surface area contributed by atoms with Crippen LogP contribution in [0.4, 0.5) is 0 Å². The average molecular weight is 382 g/mol.